The van der Waals surface area contributed by atoms with E-state index in [1.54, 1.807) is 9.80 Å². The number of piperazine rings is 2. The Balaban J connectivity index is 0.000000341. The number of hydrogen-bond acceptors (Lipinski definition) is 13. The molecule has 2 aliphatic rings. The summed E-state index contributed by atoms with van der Waals surface area (Å²) in [5.74, 6) is 8.84. The van der Waals surface area contributed by atoms with Crippen LogP contribution in [0.25, 0.3) is 0 Å². The minimum Gasteiger partial charge on any atom is -0.465 e. The average Bonchev–Trinajstić information content (AvgIpc) is 3.09. The van der Waals surface area contributed by atoms with E-state index in [-0.39, 0.29) is 24.1 Å². The largest absolute Gasteiger partial charge is 0.465 e. The van der Waals surface area contributed by atoms with Crippen LogP contribution in [0.4, 0.5) is 9.59 Å². The normalized spacial score (nSPS) is 15.2. The number of methoxy groups -OCH3 is 1. The van der Waals surface area contributed by atoms with Crippen LogP contribution in [0.1, 0.15) is 84.5 Å². The van der Waals surface area contributed by atoms with Crippen LogP contribution in [0.3, 0.4) is 0 Å². The maximum Gasteiger partial charge on any atom is 0.410 e. The molecule has 4 rings (SSSR count). The van der Waals surface area contributed by atoms with E-state index in [4.69, 9.17) is 25.3 Å². The molecule has 7 N–H and O–H groups in total. The maximum atomic E-state index is 12.1. The lowest BCUT2D eigenvalue weighted by molar-refractivity contribution is 0.0129. The van der Waals surface area contributed by atoms with Gasteiger partial charge in [-0.2, -0.15) is 0 Å². The Morgan fingerprint density at radius 1 is 0.679 bits per heavy atom. The van der Waals surface area contributed by atoms with E-state index in [0.717, 1.165) is 48.4 Å². The van der Waals surface area contributed by atoms with Gasteiger partial charge in [0.15, 0.2) is 0 Å². The van der Waals surface area contributed by atoms with Gasteiger partial charge >= 0.3 is 18.2 Å². The topological polar surface area (TPSA) is 205 Å². The van der Waals surface area contributed by atoms with Crippen LogP contribution in [-0.2, 0) is 27.3 Å². The third-order valence-electron chi connectivity index (χ3n) is 8.15. The number of esters is 1. The summed E-state index contributed by atoms with van der Waals surface area (Å²) in [4.78, 5) is 56.1. The third-order valence-corrected chi connectivity index (χ3v) is 8.15. The second-order valence-electron chi connectivity index (χ2n) is 14.9. The van der Waals surface area contributed by atoms with Crippen molar-refractivity contribution in [2.24, 2.45) is 11.7 Å². The molecule has 0 bridgehead atoms. The van der Waals surface area contributed by atoms with Crippen LogP contribution in [0.2, 0.25) is 0 Å². The highest BCUT2D eigenvalue weighted by molar-refractivity contribution is 5.95. The highest BCUT2D eigenvalue weighted by Gasteiger charge is 2.28. The first-order valence-electron chi connectivity index (χ1n) is 17.6. The van der Waals surface area contributed by atoms with Gasteiger partial charge in [0.1, 0.15) is 11.2 Å². The average molecular weight is 745 g/mol. The molecule has 0 spiro atoms. The Morgan fingerprint density at radius 3 is 1.38 bits per heavy atom. The summed E-state index contributed by atoms with van der Waals surface area (Å²) >= 11 is 0. The summed E-state index contributed by atoms with van der Waals surface area (Å²) < 4.78 is 15.7. The van der Waals surface area contributed by atoms with Gasteiger partial charge in [-0.15, -0.1) is 5.59 Å². The third kappa shape index (κ3) is 15.7. The molecule has 2 aromatic carbocycles. The quantitative estimate of drug-likeness (QED) is 0.0948. The number of amides is 3. The van der Waals surface area contributed by atoms with E-state index < -0.39 is 11.2 Å². The van der Waals surface area contributed by atoms with E-state index in [9.17, 15) is 19.2 Å². The number of nitrogen functional groups attached to an aromatic ring is 1. The Labute approximate surface area is 313 Å². The zero-order chi connectivity index (χ0) is 39.9. The van der Waals surface area contributed by atoms with Crippen molar-refractivity contribution >= 4 is 24.1 Å². The van der Waals surface area contributed by atoms with Crippen molar-refractivity contribution < 1.29 is 38.6 Å². The first-order chi connectivity index (χ1) is 24.8. The van der Waals surface area contributed by atoms with Gasteiger partial charge in [0, 0.05) is 71.0 Å². The van der Waals surface area contributed by atoms with Gasteiger partial charge in [0.2, 0.25) is 0 Å². The molecule has 2 saturated heterocycles. The molecule has 0 atom stereocenters. The Kier molecular flexibility index (Phi) is 17.6. The first-order valence-corrected chi connectivity index (χ1v) is 17.6. The molecule has 53 heavy (non-hydrogen) atoms. The summed E-state index contributed by atoms with van der Waals surface area (Å²) in [7, 11) is 1.40. The molecule has 3 amide bonds. The van der Waals surface area contributed by atoms with Gasteiger partial charge in [0.25, 0.3) is 5.91 Å². The number of carbonyl (C=O) groups is 4. The second-order valence-corrected chi connectivity index (χ2v) is 14.9. The van der Waals surface area contributed by atoms with Crippen molar-refractivity contribution in [3.05, 3.63) is 69.8 Å². The van der Waals surface area contributed by atoms with Crippen LogP contribution in [0.15, 0.2) is 36.4 Å². The fourth-order valence-electron chi connectivity index (χ4n) is 5.56. The Morgan fingerprint density at radius 2 is 1.04 bits per heavy atom. The lowest BCUT2D eigenvalue weighted by Gasteiger charge is -2.35. The summed E-state index contributed by atoms with van der Waals surface area (Å²) in [5.41, 5.74) is 7.60. The van der Waals surface area contributed by atoms with Crippen LogP contribution in [0, 0.1) is 13.8 Å². The fourth-order valence-corrected chi connectivity index (χ4v) is 5.56. The molecule has 0 unspecified atom stereocenters. The highest BCUT2D eigenvalue weighted by Crippen LogP contribution is 2.19. The molecule has 2 aliphatic heterocycles. The van der Waals surface area contributed by atoms with Crippen molar-refractivity contribution in [3.8, 4) is 0 Å². The van der Waals surface area contributed by atoms with Crippen molar-refractivity contribution in [2.45, 2.75) is 79.7 Å². The van der Waals surface area contributed by atoms with Gasteiger partial charge in [-0.3, -0.25) is 20.0 Å². The molecule has 0 aliphatic carbocycles. The van der Waals surface area contributed by atoms with E-state index in [1.165, 1.54) is 12.7 Å². The molecule has 296 valence electrons. The van der Waals surface area contributed by atoms with Gasteiger partial charge < -0.3 is 29.2 Å². The smallest absolute Gasteiger partial charge is 0.410 e. The van der Waals surface area contributed by atoms with Crippen molar-refractivity contribution in [2.75, 3.05) is 59.5 Å². The lowest BCUT2D eigenvalue weighted by atomic mass is 10.0. The minimum atomic E-state index is -0.486. The van der Waals surface area contributed by atoms with Crippen molar-refractivity contribution in [3.63, 3.8) is 0 Å². The number of hydrogen-bond donors (Lipinski definition) is 5. The molecule has 2 aromatic rings. The van der Waals surface area contributed by atoms with Crippen LogP contribution >= 0.6 is 0 Å². The van der Waals surface area contributed by atoms with Gasteiger partial charge in [-0.25, -0.2) is 26.1 Å². The van der Waals surface area contributed by atoms with E-state index >= 15 is 0 Å². The zero-order valence-electron chi connectivity index (χ0n) is 32.8. The number of benzene rings is 2. The Bertz CT molecular complexity index is 1400. The number of hydrazine groups is 2. The molecule has 0 saturated carbocycles. The minimum absolute atomic E-state index is 0.266. The second kappa shape index (κ2) is 20.8. The number of carbonyl (C=O) groups excluding carboxylic acids is 4. The summed E-state index contributed by atoms with van der Waals surface area (Å²) in [6, 6.07) is 11.6. The summed E-state index contributed by atoms with van der Waals surface area (Å²) in [6.07, 6.45) is -0.538. The first kappa shape index (κ1) is 44.8. The molecule has 0 aromatic heterocycles. The SMILES string of the molecule is COC(=O)c1cc(C)ccc1CN1CCN(C(=O)OC(C)(C)C)CC1.Cc1ccc(CN2CCN(C(=O)OC(C)(C)C)CC2)c(C(=O)NN)c1.NNO. The maximum absolute atomic E-state index is 12.1. The number of ether oxygens (including phenoxy) is 3. The summed E-state index contributed by atoms with van der Waals surface area (Å²) in [6.45, 7) is 21.8. The predicted molar refractivity (Wildman–Crippen MR) is 201 cm³/mol. The fraction of sp³-hybridized carbons (Fsp3) is 0.568. The standard InChI is InChI=1S/C19H28N2O4.C18H28N4O3.H4N2O/c1-14-6-7-15(16(12-14)17(22)24-5)13-20-8-10-21(11-9-20)18(23)25-19(2,3)4;1-13-5-6-14(15(11-13)16(23)20-19)12-21-7-9-22(10-8-21)17(24)25-18(2,3)4;1-2-3/h6-7,12H,8-11,13H2,1-5H3;5-6,11H,7-10,12,19H2,1-4H3,(H,20,23);2-3H,1H2. The molecule has 0 radical (unpaired) electrons. The zero-order valence-corrected chi connectivity index (χ0v) is 32.8. The van der Waals surface area contributed by atoms with E-state index in [1.807, 2.05) is 91.8 Å². The van der Waals surface area contributed by atoms with E-state index in [2.05, 4.69) is 21.1 Å². The van der Waals surface area contributed by atoms with Crippen LogP contribution in [-0.4, -0.2) is 120 Å². The van der Waals surface area contributed by atoms with Gasteiger partial charge in [0.05, 0.1) is 12.7 Å². The molecular weight excluding hydrogens is 684 g/mol. The van der Waals surface area contributed by atoms with E-state index in [0.29, 0.717) is 50.4 Å². The lowest BCUT2D eigenvalue weighted by Crippen LogP contribution is -2.49. The van der Waals surface area contributed by atoms with Gasteiger partial charge in [-0.1, -0.05) is 35.4 Å². The van der Waals surface area contributed by atoms with Gasteiger partial charge in [-0.05, 0) is 78.6 Å². The van der Waals surface area contributed by atoms with Crippen molar-refractivity contribution in [1.29, 1.82) is 0 Å². The molecule has 2 heterocycles. The monoisotopic (exact) mass is 744 g/mol. The Hall–Kier alpha value is -4.32. The molecular formula is C37H60N8O8. The number of nitrogens with one attached hydrogen (secondary N) is 2. The summed E-state index contributed by atoms with van der Waals surface area (Å²) in [5, 5.41) is 7.10. The highest BCUT2D eigenvalue weighted by atomic mass is 16.6. The molecule has 16 nitrogen and oxygen atoms in total. The number of nitrogens with zero attached hydrogens (tertiary/aromatic N) is 4. The predicted octanol–water partition coefficient (Wildman–Crippen LogP) is 3.32. The molecule has 16 heteroatoms. The number of rotatable bonds is 6. The van der Waals surface area contributed by atoms with Crippen LogP contribution in [0.5, 0.6) is 0 Å². The number of aryl methyl sites for hydroxylation is 2. The van der Waals surface area contributed by atoms with Crippen LogP contribution < -0.4 is 22.7 Å². The van der Waals surface area contributed by atoms with Crippen molar-refractivity contribution in [1.82, 2.24) is 30.6 Å². The molecule has 2 fully saturated rings. The number of nitrogens with two attached hydrogens (primary N) is 2.